The zero-order valence-electron chi connectivity index (χ0n) is 18.8. The summed E-state index contributed by atoms with van der Waals surface area (Å²) in [5.41, 5.74) is 7.20. The number of carbonyl (C=O) groups excluding carboxylic acids is 2. The Hall–Kier alpha value is -2.80. The first-order valence-electron chi connectivity index (χ1n) is 11.3. The van der Waals surface area contributed by atoms with E-state index >= 15 is 0 Å². The molecule has 0 spiro atoms. The van der Waals surface area contributed by atoms with Gasteiger partial charge in [0.15, 0.2) is 0 Å². The van der Waals surface area contributed by atoms with Crippen molar-refractivity contribution in [2.75, 3.05) is 6.54 Å². The number of nitrogens with zero attached hydrogens (tertiary/aromatic N) is 2. The molecule has 2 aromatic heterocycles. The Morgan fingerprint density at radius 1 is 1.38 bits per heavy atom. The summed E-state index contributed by atoms with van der Waals surface area (Å²) in [6.07, 6.45) is 11.0. The maximum absolute atomic E-state index is 13.7. The van der Waals surface area contributed by atoms with Gasteiger partial charge in [0.1, 0.15) is 11.2 Å². The molecule has 3 heterocycles. The smallest absolute Gasteiger partial charge is 0.271 e. The number of hydrogen-bond donors (Lipinski definition) is 2. The standard InChI is InChI=1S/C25H32N4O2S/c1-4-5-6-18(14-26)15-29-23(30)21-13-22-20(11-12-32-22)28(21)16-25(29,3)24(31)27-19-9-7-17(2)8-10-19/h4-6,11-14,17,19H,1,7-10,15-16,26H2,2-3H3,(H,27,31)/b6-5-,18-14+. The molecule has 0 aromatic carbocycles. The van der Waals surface area contributed by atoms with Crippen molar-refractivity contribution in [1.82, 2.24) is 14.8 Å². The number of hydrogen-bond acceptors (Lipinski definition) is 4. The largest absolute Gasteiger partial charge is 0.404 e. The molecule has 2 aromatic rings. The Morgan fingerprint density at radius 3 is 2.81 bits per heavy atom. The predicted molar refractivity (Wildman–Crippen MR) is 130 cm³/mol. The highest BCUT2D eigenvalue weighted by Gasteiger charge is 2.48. The van der Waals surface area contributed by atoms with E-state index in [-0.39, 0.29) is 24.4 Å². The first kappa shape index (κ1) is 22.4. The molecule has 0 saturated heterocycles. The van der Waals surface area contributed by atoms with E-state index in [0.29, 0.717) is 18.2 Å². The third kappa shape index (κ3) is 4.01. The van der Waals surface area contributed by atoms with Crippen molar-refractivity contribution in [2.45, 2.75) is 57.7 Å². The van der Waals surface area contributed by atoms with Crippen LogP contribution in [0.2, 0.25) is 0 Å². The minimum absolute atomic E-state index is 0.0998. The van der Waals surface area contributed by atoms with E-state index in [2.05, 4.69) is 18.8 Å². The molecule has 7 heteroatoms. The molecule has 1 fully saturated rings. The number of rotatable bonds is 6. The molecule has 2 aliphatic rings. The third-order valence-electron chi connectivity index (χ3n) is 6.89. The second-order valence-electron chi connectivity index (χ2n) is 9.22. The van der Waals surface area contributed by atoms with E-state index in [1.54, 1.807) is 28.4 Å². The highest BCUT2D eigenvalue weighted by Crippen LogP contribution is 2.35. The maximum atomic E-state index is 13.7. The topological polar surface area (TPSA) is 80.4 Å². The number of aromatic nitrogens is 1. The molecule has 1 unspecified atom stereocenters. The van der Waals surface area contributed by atoms with E-state index in [1.165, 1.54) is 6.20 Å². The lowest BCUT2D eigenvalue weighted by molar-refractivity contribution is -0.133. The van der Waals surface area contributed by atoms with Gasteiger partial charge in [0.25, 0.3) is 5.91 Å². The Labute approximate surface area is 193 Å². The van der Waals surface area contributed by atoms with Crippen molar-refractivity contribution in [3.63, 3.8) is 0 Å². The van der Waals surface area contributed by atoms with Crippen molar-refractivity contribution in [2.24, 2.45) is 11.7 Å². The van der Waals surface area contributed by atoms with Gasteiger partial charge in [-0.05, 0) is 67.8 Å². The van der Waals surface area contributed by atoms with E-state index < -0.39 is 5.54 Å². The summed E-state index contributed by atoms with van der Waals surface area (Å²) in [7, 11) is 0. The minimum Gasteiger partial charge on any atom is -0.404 e. The molecule has 0 bridgehead atoms. The van der Waals surface area contributed by atoms with Crippen LogP contribution < -0.4 is 11.1 Å². The van der Waals surface area contributed by atoms with Gasteiger partial charge in [0.2, 0.25) is 5.91 Å². The minimum atomic E-state index is -1.03. The van der Waals surface area contributed by atoms with Crippen molar-refractivity contribution in [1.29, 1.82) is 0 Å². The molecular formula is C25H32N4O2S. The van der Waals surface area contributed by atoms with Crippen molar-refractivity contribution in [3.8, 4) is 0 Å². The summed E-state index contributed by atoms with van der Waals surface area (Å²) < 4.78 is 3.05. The zero-order valence-corrected chi connectivity index (χ0v) is 19.7. The number of allylic oxidation sites excluding steroid dienone is 2. The number of carbonyl (C=O) groups is 2. The maximum Gasteiger partial charge on any atom is 0.271 e. The quantitative estimate of drug-likeness (QED) is 0.645. The van der Waals surface area contributed by atoms with Crippen LogP contribution in [0, 0.1) is 5.92 Å². The number of nitrogens with one attached hydrogen (secondary N) is 1. The normalized spacial score (nSPS) is 26.5. The SMILES string of the molecule is C=C/C=C\C(=C/N)CN1C(=O)c2cc3sccc3n2CC1(C)C(=O)NC1CCC(C)CC1. The second-order valence-corrected chi connectivity index (χ2v) is 10.2. The molecule has 1 atom stereocenters. The van der Waals surface area contributed by atoms with Crippen LogP contribution in [0.15, 0.2) is 54.1 Å². The first-order chi connectivity index (χ1) is 15.4. The molecule has 32 heavy (non-hydrogen) atoms. The molecule has 2 amide bonds. The highest BCUT2D eigenvalue weighted by atomic mass is 32.1. The lowest BCUT2D eigenvalue weighted by Gasteiger charge is -2.45. The Morgan fingerprint density at radius 2 is 2.12 bits per heavy atom. The molecular weight excluding hydrogens is 420 g/mol. The van der Waals surface area contributed by atoms with E-state index in [1.807, 2.05) is 35.1 Å². The van der Waals surface area contributed by atoms with Crippen LogP contribution in [-0.4, -0.2) is 39.4 Å². The third-order valence-corrected chi connectivity index (χ3v) is 7.74. The summed E-state index contributed by atoms with van der Waals surface area (Å²) in [4.78, 5) is 29.1. The van der Waals surface area contributed by atoms with Gasteiger partial charge in [-0.15, -0.1) is 11.3 Å². The Bertz CT molecular complexity index is 1090. The van der Waals surface area contributed by atoms with Gasteiger partial charge in [-0.3, -0.25) is 9.59 Å². The van der Waals surface area contributed by atoms with Crippen molar-refractivity contribution >= 4 is 33.4 Å². The number of nitrogens with two attached hydrogens (primary N) is 1. The van der Waals surface area contributed by atoms with Gasteiger partial charge in [0.05, 0.1) is 16.8 Å². The molecule has 1 aliphatic heterocycles. The lowest BCUT2D eigenvalue weighted by Crippen LogP contribution is -2.65. The average molecular weight is 453 g/mol. The van der Waals surface area contributed by atoms with Crippen LogP contribution in [0.25, 0.3) is 10.2 Å². The molecule has 6 nitrogen and oxygen atoms in total. The predicted octanol–water partition coefficient (Wildman–Crippen LogP) is 4.20. The number of fused-ring (bicyclic) bond motifs is 3. The summed E-state index contributed by atoms with van der Waals surface area (Å²) in [5.74, 6) is 0.452. The fourth-order valence-corrected chi connectivity index (χ4v) is 5.62. The van der Waals surface area contributed by atoms with Gasteiger partial charge in [-0.1, -0.05) is 31.7 Å². The summed E-state index contributed by atoms with van der Waals surface area (Å²) in [5, 5.41) is 5.29. The zero-order chi connectivity index (χ0) is 22.9. The summed E-state index contributed by atoms with van der Waals surface area (Å²) in [6.45, 7) is 8.50. The average Bonchev–Trinajstić information content (AvgIpc) is 3.37. The van der Waals surface area contributed by atoms with Crippen LogP contribution in [-0.2, 0) is 11.3 Å². The highest BCUT2D eigenvalue weighted by molar-refractivity contribution is 7.17. The van der Waals surface area contributed by atoms with Gasteiger partial charge in [-0.2, -0.15) is 0 Å². The Kier molecular flexibility index (Phi) is 6.29. The summed E-state index contributed by atoms with van der Waals surface area (Å²) in [6, 6.07) is 4.11. The molecule has 1 aliphatic carbocycles. The lowest BCUT2D eigenvalue weighted by atomic mass is 9.86. The number of thiophene rings is 1. The van der Waals surface area contributed by atoms with E-state index in [9.17, 15) is 9.59 Å². The van der Waals surface area contributed by atoms with Gasteiger partial charge >= 0.3 is 0 Å². The summed E-state index contributed by atoms with van der Waals surface area (Å²) >= 11 is 1.61. The molecule has 3 N–H and O–H groups in total. The van der Waals surface area contributed by atoms with Gasteiger partial charge < -0.3 is 20.5 Å². The van der Waals surface area contributed by atoms with Gasteiger partial charge in [-0.25, -0.2) is 0 Å². The number of amides is 2. The first-order valence-corrected chi connectivity index (χ1v) is 12.1. The monoisotopic (exact) mass is 452 g/mol. The van der Waals surface area contributed by atoms with Crippen LogP contribution >= 0.6 is 11.3 Å². The Balaban J connectivity index is 1.69. The van der Waals surface area contributed by atoms with E-state index in [4.69, 9.17) is 5.73 Å². The van der Waals surface area contributed by atoms with Crippen molar-refractivity contribution < 1.29 is 9.59 Å². The molecule has 1 saturated carbocycles. The van der Waals surface area contributed by atoms with Crippen molar-refractivity contribution in [3.05, 3.63) is 59.8 Å². The van der Waals surface area contributed by atoms with Gasteiger partial charge in [0, 0.05) is 12.6 Å². The molecule has 170 valence electrons. The second kappa shape index (κ2) is 8.98. The van der Waals surface area contributed by atoms with Crippen LogP contribution in [0.3, 0.4) is 0 Å². The van der Waals surface area contributed by atoms with Crippen LogP contribution in [0.4, 0.5) is 0 Å². The van der Waals surface area contributed by atoms with Crippen LogP contribution in [0.5, 0.6) is 0 Å². The fourth-order valence-electron chi connectivity index (χ4n) is 4.80. The molecule has 4 rings (SSSR count). The van der Waals surface area contributed by atoms with Crippen LogP contribution in [0.1, 0.15) is 50.0 Å². The fraction of sp³-hybridized carbons (Fsp3) is 0.440. The van der Waals surface area contributed by atoms with E-state index in [0.717, 1.165) is 41.5 Å². The molecule has 0 radical (unpaired) electrons.